The fraction of sp³-hybridized carbons (Fsp3) is 0.622. The Bertz CT molecular complexity index is 1190. The zero-order chi connectivity index (χ0) is 33.1. The minimum Gasteiger partial charge on any atom is -0.470 e. The maximum Gasteiger partial charge on any atom is 0.351 e. The lowest BCUT2D eigenvalue weighted by Crippen LogP contribution is -2.51. The van der Waals surface area contributed by atoms with Crippen molar-refractivity contribution < 1.29 is 33.6 Å². The van der Waals surface area contributed by atoms with Crippen molar-refractivity contribution in [3.63, 3.8) is 0 Å². The summed E-state index contributed by atoms with van der Waals surface area (Å²) in [5.74, 6) is -0.496. The van der Waals surface area contributed by atoms with Gasteiger partial charge in [0.2, 0.25) is 12.2 Å². The standard InChI is InChI=1S/C37H54ClNO7/c1-4-6-8-10-12-14-21-43-36(41)34-35(37(42)44-22-15-13-11-9-7-5-2)46-33-24-28(19-20-32(33)45-34)23-27(3)39-26-31(40)29-17-16-18-30(38)25-29/h16-20,24-25,27,31,34-35,39-40H,4-15,21-23,26H2,1-3H3/t27-,31+,34?,35?/m1/s1. The number of hydrogen-bond donors (Lipinski definition) is 2. The minimum atomic E-state index is -1.26. The SMILES string of the molecule is CCCCCCCCOC(=O)C1Oc2ccc(C[C@@H](C)NC[C@H](O)c3cccc(Cl)c3)cc2OC1C(=O)OCCCCCCCC. The first-order valence-electron chi connectivity index (χ1n) is 17.3. The van der Waals surface area contributed by atoms with E-state index in [4.69, 9.17) is 30.5 Å². The fourth-order valence-corrected chi connectivity index (χ4v) is 5.65. The van der Waals surface area contributed by atoms with E-state index in [0.717, 1.165) is 49.7 Å². The number of esters is 2. The van der Waals surface area contributed by atoms with Gasteiger partial charge in [-0.2, -0.15) is 0 Å². The molecule has 3 rings (SSSR count). The van der Waals surface area contributed by atoms with Crippen LogP contribution in [-0.4, -0.2) is 55.1 Å². The van der Waals surface area contributed by atoms with Crippen LogP contribution >= 0.6 is 11.6 Å². The Morgan fingerprint density at radius 2 is 1.37 bits per heavy atom. The van der Waals surface area contributed by atoms with E-state index in [0.29, 0.717) is 29.5 Å². The Balaban J connectivity index is 1.59. The number of carbonyl (C=O) groups is 2. The number of rotatable bonds is 22. The van der Waals surface area contributed by atoms with Crippen LogP contribution in [0, 0.1) is 0 Å². The molecular formula is C37H54ClNO7. The lowest BCUT2D eigenvalue weighted by Gasteiger charge is -2.31. The number of carbonyl (C=O) groups excluding carboxylic acids is 2. The van der Waals surface area contributed by atoms with Gasteiger partial charge in [-0.3, -0.25) is 0 Å². The second kappa shape index (κ2) is 21.1. The highest BCUT2D eigenvalue weighted by atomic mass is 35.5. The number of hydrogen-bond acceptors (Lipinski definition) is 8. The largest absolute Gasteiger partial charge is 0.470 e. The zero-order valence-electron chi connectivity index (χ0n) is 27.9. The second-order valence-corrected chi connectivity index (χ2v) is 12.7. The van der Waals surface area contributed by atoms with Gasteiger partial charge in [-0.15, -0.1) is 0 Å². The topological polar surface area (TPSA) is 103 Å². The number of nitrogens with one attached hydrogen (secondary N) is 1. The molecule has 0 aliphatic carbocycles. The summed E-state index contributed by atoms with van der Waals surface area (Å²) in [5, 5.41) is 14.5. The Morgan fingerprint density at radius 3 is 1.96 bits per heavy atom. The summed E-state index contributed by atoms with van der Waals surface area (Å²) in [6, 6.07) is 12.7. The maximum absolute atomic E-state index is 13.2. The highest BCUT2D eigenvalue weighted by Gasteiger charge is 2.44. The third-order valence-corrected chi connectivity index (χ3v) is 8.41. The van der Waals surface area contributed by atoms with Gasteiger partial charge in [0.1, 0.15) is 0 Å². The molecule has 2 unspecified atom stereocenters. The summed E-state index contributed by atoms with van der Waals surface area (Å²) in [6.07, 6.45) is 10.2. The first kappa shape index (κ1) is 37.6. The summed E-state index contributed by atoms with van der Waals surface area (Å²) >= 11 is 6.07. The summed E-state index contributed by atoms with van der Waals surface area (Å²) in [5.41, 5.74) is 1.70. The van der Waals surface area contributed by atoms with Crippen LogP contribution in [0.25, 0.3) is 0 Å². The van der Waals surface area contributed by atoms with Gasteiger partial charge in [-0.25, -0.2) is 9.59 Å². The molecule has 0 saturated carbocycles. The van der Waals surface area contributed by atoms with Crippen molar-refractivity contribution in [1.82, 2.24) is 5.32 Å². The molecule has 256 valence electrons. The number of halogens is 1. The van der Waals surface area contributed by atoms with E-state index in [1.54, 1.807) is 18.2 Å². The molecule has 8 nitrogen and oxygen atoms in total. The number of fused-ring (bicyclic) bond motifs is 1. The van der Waals surface area contributed by atoms with Crippen LogP contribution in [0.1, 0.15) is 115 Å². The average molecular weight is 660 g/mol. The lowest BCUT2D eigenvalue weighted by molar-refractivity contribution is -0.171. The predicted octanol–water partition coefficient (Wildman–Crippen LogP) is 7.91. The first-order valence-corrected chi connectivity index (χ1v) is 17.7. The van der Waals surface area contributed by atoms with Gasteiger partial charge in [0.05, 0.1) is 19.3 Å². The molecule has 0 amide bonds. The molecule has 0 saturated heterocycles. The molecular weight excluding hydrogens is 606 g/mol. The molecule has 1 aliphatic heterocycles. The average Bonchev–Trinajstić information content (AvgIpc) is 3.05. The summed E-state index contributed by atoms with van der Waals surface area (Å²) in [4.78, 5) is 26.3. The van der Waals surface area contributed by atoms with Crippen LogP contribution in [0.5, 0.6) is 11.5 Å². The number of aliphatic hydroxyl groups is 1. The van der Waals surface area contributed by atoms with Gasteiger partial charge >= 0.3 is 11.9 Å². The van der Waals surface area contributed by atoms with Crippen molar-refractivity contribution in [2.45, 2.75) is 129 Å². The molecule has 2 aromatic rings. The van der Waals surface area contributed by atoms with Crippen LogP contribution < -0.4 is 14.8 Å². The van der Waals surface area contributed by atoms with Gasteiger partial charge in [-0.1, -0.05) is 108 Å². The van der Waals surface area contributed by atoms with E-state index in [1.165, 1.54) is 38.5 Å². The highest BCUT2D eigenvalue weighted by Crippen LogP contribution is 2.36. The first-order chi connectivity index (χ1) is 22.3. The number of benzene rings is 2. The van der Waals surface area contributed by atoms with Crippen LogP contribution in [0.15, 0.2) is 42.5 Å². The smallest absolute Gasteiger partial charge is 0.351 e. The highest BCUT2D eigenvalue weighted by molar-refractivity contribution is 6.30. The third-order valence-electron chi connectivity index (χ3n) is 8.18. The van der Waals surface area contributed by atoms with Gasteiger partial charge in [0.25, 0.3) is 0 Å². The van der Waals surface area contributed by atoms with E-state index in [1.807, 2.05) is 31.2 Å². The van der Waals surface area contributed by atoms with E-state index in [2.05, 4.69) is 19.2 Å². The van der Waals surface area contributed by atoms with Crippen molar-refractivity contribution in [2.24, 2.45) is 0 Å². The monoisotopic (exact) mass is 659 g/mol. The fourth-order valence-electron chi connectivity index (χ4n) is 5.45. The normalized spacial score (nSPS) is 16.9. The second-order valence-electron chi connectivity index (χ2n) is 12.3. The Labute approximate surface area is 280 Å². The lowest BCUT2D eigenvalue weighted by atomic mass is 10.0. The summed E-state index contributed by atoms with van der Waals surface area (Å²) in [6.45, 7) is 7.28. The minimum absolute atomic E-state index is 0.0270. The van der Waals surface area contributed by atoms with E-state index in [9.17, 15) is 14.7 Å². The zero-order valence-corrected chi connectivity index (χ0v) is 28.7. The Morgan fingerprint density at radius 1 is 0.804 bits per heavy atom. The van der Waals surface area contributed by atoms with E-state index < -0.39 is 30.3 Å². The molecule has 0 bridgehead atoms. The molecule has 0 fully saturated rings. The van der Waals surface area contributed by atoms with Crippen LogP contribution in [0.2, 0.25) is 5.02 Å². The van der Waals surface area contributed by atoms with Gasteiger partial charge < -0.3 is 29.4 Å². The molecule has 2 N–H and O–H groups in total. The quantitative estimate of drug-likeness (QED) is 0.0971. The molecule has 4 atom stereocenters. The molecule has 0 spiro atoms. The molecule has 46 heavy (non-hydrogen) atoms. The maximum atomic E-state index is 13.2. The predicted molar refractivity (Wildman–Crippen MR) is 182 cm³/mol. The number of aliphatic hydroxyl groups excluding tert-OH is 1. The van der Waals surface area contributed by atoms with Crippen LogP contribution in [0.4, 0.5) is 0 Å². The van der Waals surface area contributed by atoms with Crippen molar-refractivity contribution in [2.75, 3.05) is 19.8 Å². The molecule has 1 aliphatic rings. The van der Waals surface area contributed by atoms with Gasteiger partial charge in [-0.05, 0) is 61.6 Å². The summed E-state index contributed by atoms with van der Waals surface area (Å²) in [7, 11) is 0. The van der Waals surface area contributed by atoms with E-state index in [-0.39, 0.29) is 19.3 Å². The van der Waals surface area contributed by atoms with Crippen LogP contribution in [-0.2, 0) is 25.5 Å². The van der Waals surface area contributed by atoms with Gasteiger partial charge in [0.15, 0.2) is 11.5 Å². The Hall–Kier alpha value is -2.81. The van der Waals surface area contributed by atoms with Crippen molar-refractivity contribution >= 4 is 23.5 Å². The van der Waals surface area contributed by atoms with Gasteiger partial charge in [0, 0.05) is 17.6 Å². The van der Waals surface area contributed by atoms with Crippen molar-refractivity contribution in [3.8, 4) is 11.5 Å². The molecule has 1 heterocycles. The van der Waals surface area contributed by atoms with Crippen molar-refractivity contribution in [1.29, 1.82) is 0 Å². The molecule has 9 heteroatoms. The Kier molecular flexibility index (Phi) is 17.3. The molecule has 0 radical (unpaired) electrons. The van der Waals surface area contributed by atoms with E-state index >= 15 is 0 Å². The number of ether oxygens (including phenoxy) is 4. The number of unbranched alkanes of at least 4 members (excludes halogenated alkanes) is 10. The molecule has 2 aromatic carbocycles. The van der Waals surface area contributed by atoms with Crippen LogP contribution in [0.3, 0.4) is 0 Å². The molecule has 0 aromatic heterocycles. The third kappa shape index (κ3) is 13.1. The van der Waals surface area contributed by atoms with Crippen molar-refractivity contribution in [3.05, 3.63) is 58.6 Å². The summed E-state index contributed by atoms with van der Waals surface area (Å²) < 4.78 is 23.3.